The van der Waals surface area contributed by atoms with Crippen LogP contribution in [-0.2, 0) is 33.9 Å². The fourth-order valence-electron chi connectivity index (χ4n) is 3.01. The molecule has 2 aromatic heterocycles. The number of thiophene rings is 1. The maximum absolute atomic E-state index is 13.0. The summed E-state index contributed by atoms with van der Waals surface area (Å²) in [4.78, 5) is 49.5. The lowest BCUT2D eigenvalue weighted by Gasteiger charge is -2.19. The summed E-state index contributed by atoms with van der Waals surface area (Å²) in [7, 11) is 1.34. The lowest BCUT2D eigenvalue weighted by Crippen LogP contribution is -2.44. The van der Waals surface area contributed by atoms with E-state index in [4.69, 9.17) is 14.6 Å². The van der Waals surface area contributed by atoms with Gasteiger partial charge in [0.05, 0.1) is 38.0 Å². The van der Waals surface area contributed by atoms with Gasteiger partial charge < -0.3 is 14.6 Å². The predicted molar refractivity (Wildman–Crippen MR) is 115 cm³/mol. The highest BCUT2D eigenvalue weighted by molar-refractivity contribution is 7.18. The Morgan fingerprint density at radius 1 is 1.26 bits per heavy atom. The monoisotopic (exact) mass is 508 g/mol. The summed E-state index contributed by atoms with van der Waals surface area (Å²) in [5.41, 5.74) is -0.152. The van der Waals surface area contributed by atoms with Gasteiger partial charge in [-0.3, -0.25) is 18.7 Å². The maximum Gasteiger partial charge on any atom is 0.423 e. The van der Waals surface area contributed by atoms with Gasteiger partial charge in [-0.05, 0) is 19.4 Å². The number of carbonyl (C=O) groups excluding carboxylic acids is 1. The third-order valence-corrected chi connectivity index (χ3v) is 5.82. The number of aromatic nitrogens is 2. The predicted octanol–water partition coefficient (Wildman–Crippen LogP) is 1.80. The van der Waals surface area contributed by atoms with Gasteiger partial charge in [-0.2, -0.15) is 13.2 Å². The Morgan fingerprint density at radius 2 is 1.94 bits per heavy atom. The molecule has 0 bridgehead atoms. The Balaban J connectivity index is 2.65. The second-order valence-corrected chi connectivity index (χ2v) is 7.95. The van der Waals surface area contributed by atoms with Crippen LogP contribution in [-0.4, -0.2) is 57.7 Å². The van der Waals surface area contributed by atoms with Gasteiger partial charge in [0, 0.05) is 18.1 Å². The van der Waals surface area contributed by atoms with Crippen LogP contribution < -0.4 is 16.7 Å². The Bertz CT molecular complexity index is 1200. The number of hydrogen-bond donors (Lipinski definition) is 2. The number of carboxylic acid groups (broad SMARTS) is 1. The highest BCUT2D eigenvalue weighted by Crippen LogP contribution is 2.29. The summed E-state index contributed by atoms with van der Waals surface area (Å²) in [5, 5.41) is 9.67. The van der Waals surface area contributed by atoms with Crippen LogP contribution in [0.5, 0.6) is 0 Å². The van der Waals surface area contributed by atoms with Crippen molar-refractivity contribution in [2.45, 2.75) is 39.7 Å². The normalized spacial score (nSPS) is 11.8. The molecular formula is C19H23F3N4O7S. The van der Waals surface area contributed by atoms with E-state index in [0.717, 1.165) is 33.3 Å². The SMILES string of the molecule is CCOC=CC(=O)N(Cc1sc2c(c1C)c(=O)n(CC(F)(F)F)c(=O)n2CCOC)NC(=O)O. The molecule has 2 aromatic rings. The molecule has 0 aliphatic carbocycles. The first-order valence-corrected chi connectivity index (χ1v) is 10.6. The average molecular weight is 508 g/mol. The molecular weight excluding hydrogens is 485 g/mol. The van der Waals surface area contributed by atoms with Crippen LogP contribution in [0.3, 0.4) is 0 Å². The summed E-state index contributed by atoms with van der Waals surface area (Å²) < 4.78 is 50.1. The zero-order chi connectivity index (χ0) is 25.6. The van der Waals surface area contributed by atoms with E-state index >= 15 is 0 Å². The van der Waals surface area contributed by atoms with Gasteiger partial charge in [-0.15, -0.1) is 11.3 Å². The molecule has 0 unspecified atom stereocenters. The van der Waals surface area contributed by atoms with E-state index in [9.17, 15) is 32.3 Å². The topological polar surface area (TPSA) is 132 Å². The number of alkyl halides is 3. The van der Waals surface area contributed by atoms with Gasteiger partial charge in [0.25, 0.3) is 11.5 Å². The van der Waals surface area contributed by atoms with E-state index in [1.807, 2.05) is 5.43 Å². The Kier molecular flexibility index (Phi) is 8.86. The number of halogens is 3. The molecule has 0 aliphatic rings. The minimum absolute atomic E-state index is 0.0150. The number of ether oxygens (including phenoxy) is 2. The largest absolute Gasteiger partial charge is 0.501 e. The lowest BCUT2D eigenvalue weighted by atomic mass is 10.2. The highest BCUT2D eigenvalue weighted by atomic mass is 32.1. The van der Waals surface area contributed by atoms with Crippen LogP contribution >= 0.6 is 11.3 Å². The first kappa shape index (κ1) is 26.9. The first-order valence-electron chi connectivity index (χ1n) is 9.81. The number of amides is 2. The van der Waals surface area contributed by atoms with Crippen molar-refractivity contribution in [3.8, 4) is 0 Å². The molecule has 15 heteroatoms. The number of rotatable bonds is 9. The number of carbonyl (C=O) groups is 2. The van der Waals surface area contributed by atoms with Gasteiger partial charge in [-0.25, -0.2) is 20.0 Å². The summed E-state index contributed by atoms with van der Waals surface area (Å²) in [5.74, 6) is -0.793. The van der Waals surface area contributed by atoms with Crippen molar-refractivity contribution in [2.75, 3.05) is 20.3 Å². The summed E-state index contributed by atoms with van der Waals surface area (Å²) >= 11 is 0.888. The third-order valence-electron chi connectivity index (χ3n) is 4.52. The highest BCUT2D eigenvalue weighted by Gasteiger charge is 2.32. The zero-order valence-corrected chi connectivity index (χ0v) is 19.3. The average Bonchev–Trinajstić information content (AvgIpc) is 3.05. The molecule has 0 saturated heterocycles. The second-order valence-electron chi connectivity index (χ2n) is 6.86. The summed E-state index contributed by atoms with van der Waals surface area (Å²) in [6, 6.07) is 0. The molecule has 2 rings (SSSR count). The summed E-state index contributed by atoms with van der Waals surface area (Å²) in [6.45, 7) is 1.12. The molecule has 0 fully saturated rings. The second kappa shape index (κ2) is 11.2. The maximum atomic E-state index is 13.0. The molecule has 0 aliphatic heterocycles. The van der Waals surface area contributed by atoms with Gasteiger partial charge in [0.2, 0.25) is 0 Å². The number of nitrogens with one attached hydrogen (secondary N) is 1. The van der Waals surface area contributed by atoms with Crippen LogP contribution in [0.1, 0.15) is 17.4 Å². The van der Waals surface area contributed by atoms with Crippen molar-refractivity contribution < 1.29 is 37.3 Å². The Labute approximate surface area is 194 Å². The van der Waals surface area contributed by atoms with Crippen LogP contribution in [0, 0.1) is 6.92 Å². The molecule has 0 atom stereocenters. The summed E-state index contributed by atoms with van der Waals surface area (Å²) in [6.07, 6.45) is -4.30. The molecule has 0 aromatic carbocycles. The van der Waals surface area contributed by atoms with Crippen molar-refractivity contribution in [1.82, 2.24) is 19.6 Å². The fourth-order valence-corrected chi connectivity index (χ4v) is 4.32. The van der Waals surface area contributed by atoms with Gasteiger partial charge >= 0.3 is 18.0 Å². The molecule has 0 spiro atoms. The minimum Gasteiger partial charge on any atom is -0.501 e. The van der Waals surface area contributed by atoms with E-state index in [-0.39, 0.29) is 51.5 Å². The van der Waals surface area contributed by atoms with Crippen LogP contribution in [0.15, 0.2) is 21.9 Å². The number of nitrogens with zero attached hydrogens (tertiary/aromatic N) is 3. The molecule has 34 heavy (non-hydrogen) atoms. The van der Waals surface area contributed by atoms with Crippen molar-refractivity contribution >= 4 is 33.6 Å². The van der Waals surface area contributed by atoms with Crippen molar-refractivity contribution in [3.63, 3.8) is 0 Å². The quantitative estimate of drug-likeness (QED) is 0.300. The first-order chi connectivity index (χ1) is 15.9. The number of hydrazine groups is 1. The lowest BCUT2D eigenvalue weighted by molar-refractivity contribution is -0.142. The minimum atomic E-state index is -4.82. The third kappa shape index (κ3) is 6.38. The van der Waals surface area contributed by atoms with Gasteiger partial charge in [-0.1, -0.05) is 0 Å². The zero-order valence-electron chi connectivity index (χ0n) is 18.5. The molecule has 0 radical (unpaired) electrons. The number of aryl methyl sites for hydroxylation is 1. The van der Waals surface area contributed by atoms with Crippen LogP contribution in [0.4, 0.5) is 18.0 Å². The molecule has 11 nitrogen and oxygen atoms in total. The molecule has 2 amide bonds. The van der Waals surface area contributed by atoms with Crippen molar-refractivity contribution in [3.05, 3.63) is 43.6 Å². The van der Waals surface area contributed by atoms with E-state index in [1.54, 1.807) is 6.92 Å². The van der Waals surface area contributed by atoms with Gasteiger partial charge in [0.15, 0.2) is 0 Å². The smallest absolute Gasteiger partial charge is 0.423 e. The van der Waals surface area contributed by atoms with Gasteiger partial charge in [0.1, 0.15) is 11.4 Å². The molecule has 188 valence electrons. The molecule has 0 saturated carbocycles. The fraction of sp³-hybridized carbons (Fsp3) is 0.474. The van der Waals surface area contributed by atoms with Crippen molar-refractivity contribution in [2.24, 2.45) is 0 Å². The Morgan fingerprint density at radius 3 is 2.50 bits per heavy atom. The van der Waals surface area contributed by atoms with Crippen molar-refractivity contribution in [1.29, 1.82) is 0 Å². The molecule has 2 N–H and O–H groups in total. The standard InChI is InChI=1S/C19H23F3N4O7S/c1-4-33-7-5-13(27)26(23-17(29)30)9-12-11(2)14-15(28)25(10-19(20,21)22)18(31)24(6-8-32-3)16(14)34-12/h5,7,23H,4,6,8-10H2,1-3H3,(H,29,30). The van der Waals surface area contributed by atoms with E-state index < -0.39 is 36.0 Å². The van der Waals surface area contributed by atoms with E-state index in [1.165, 1.54) is 14.0 Å². The number of hydrogen-bond acceptors (Lipinski definition) is 7. The van der Waals surface area contributed by atoms with E-state index in [2.05, 4.69) is 0 Å². The molecule has 2 heterocycles. The number of methoxy groups -OCH3 is 1. The number of fused-ring (bicyclic) bond motifs is 1. The van der Waals surface area contributed by atoms with Crippen LogP contribution in [0.2, 0.25) is 0 Å². The van der Waals surface area contributed by atoms with Crippen LogP contribution in [0.25, 0.3) is 10.2 Å². The Hall–Kier alpha value is -3.33. The van der Waals surface area contributed by atoms with E-state index in [0.29, 0.717) is 0 Å².